The largest absolute Gasteiger partial charge is 0.320 e. The van der Waals surface area contributed by atoms with Crippen LogP contribution >= 0.6 is 11.3 Å². The maximum absolute atomic E-state index is 13.0. The molecule has 6 heteroatoms. The van der Waals surface area contributed by atoms with Crippen LogP contribution < -0.4 is 5.32 Å². The molecule has 106 valence electrons. The second-order valence-corrected chi connectivity index (χ2v) is 5.44. The summed E-state index contributed by atoms with van der Waals surface area (Å²) >= 11 is 1.37. The van der Waals surface area contributed by atoms with Gasteiger partial charge in [0.25, 0.3) is 5.91 Å². The molecule has 0 atom stereocenters. The molecule has 0 unspecified atom stereocenters. The fourth-order valence-corrected chi connectivity index (χ4v) is 2.59. The lowest BCUT2D eigenvalue weighted by molar-refractivity contribution is 0.103. The molecule has 0 aliphatic heterocycles. The minimum Gasteiger partial charge on any atom is -0.320 e. The summed E-state index contributed by atoms with van der Waals surface area (Å²) in [6, 6.07) is 9.60. The van der Waals surface area contributed by atoms with E-state index in [1.165, 1.54) is 23.5 Å². The number of nitrogens with one attached hydrogen (secondary N) is 1. The summed E-state index contributed by atoms with van der Waals surface area (Å²) in [7, 11) is 1.80. The van der Waals surface area contributed by atoms with Crippen LogP contribution in [0.3, 0.4) is 0 Å². The van der Waals surface area contributed by atoms with E-state index < -0.39 is 0 Å². The number of carbonyl (C=O) groups is 1. The van der Waals surface area contributed by atoms with Crippen molar-refractivity contribution in [3.8, 4) is 11.3 Å². The first-order valence-corrected chi connectivity index (χ1v) is 7.15. The van der Waals surface area contributed by atoms with E-state index in [4.69, 9.17) is 0 Å². The van der Waals surface area contributed by atoms with Gasteiger partial charge < -0.3 is 9.88 Å². The molecule has 3 aromatic rings. The average Bonchev–Trinajstić information content (AvgIpc) is 3.11. The van der Waals surface area contributed by atoms with Crippen molar-refractivity contribution in [3.05, 3.63) is 58.8 Å². The second-order valence-electron chi connectivity index (χ2n) is 4.49. The van der Waals surface area contributed by atoms with Crippen molar-refractivity contribution in [2.75, 3.05) is 5.32 Å². The van der Waals surface area contributed by atoms with E-state index in [1.54, 1.807) is 36.1 Å². The predicted molar refractivity (Wildman–Crippen MR) is 80.9 cm³/mol. The predicted octanol–water partition coefficient (Wildman–Crippen LogP) is 3.54. The van der Waals surface area contributed by atoms with Gasteiger partial charge >= 0.3 is 0 Å². The highest BCUT2D eigenvalue weighted by Gasteiger charge is 2.15. The molecule has 0 fully saturated rings. The van der Waals surface area contributed by atoms with Crippen molar-refractivity contribution in [1.29, 1.82) is 0 Å². The van der Waals surface area contributed by atoms with Crippen LogP contribution in [0.15, 0.2) is 48.1 Å². The number of halogens is 1. The number of benzene rings is 1. The van der Waals surface area contributed by atoms with Gasteiger partial charge in [-0.05, 0) is 35.7 Å². The Morgan fingerprint density at radius 2 is 2.05 bits per heavy atom. The van der Waals surface area contributed by atoms with Crippen molar-refractivity contribution in [2.24, 2.45) is 7.05 Å². The first-order chi connectivity index (χ1) is 10.1. The van der Waals surface area contributed by atoms with Crippen LogP contribution in [-0.2, 0) is 7.05 Å². The summed E-state index contributed by atoms with van der Waals surface area (Å²) < 4.78 is 14.7. The van der Waals surface area contributed by atoms with Crippen molar-refractivity contribution in [1.82, 2.24) is 9.55 Å². The molecule has 0 bridgehead atoms. The maximum Gasteiger partial charge on any atom is 0.266 e. The van der Waals surface area contributed by atoms with E-state index in [1.807, 2.05) is 11.4 Å². The lowest BCUT2D eigenvalue weighted by Gasteiger charge is -2.07. The molecule has 2 aromatic heterocycles. The van der Waals surface area contributed by atoms with Gasteiger partial charge in [0.2, 0.25) is 0 Å². The zero-order chi connectivity index (χ0) is 14.8. The molecule has 0 saturated heterocycles. The van der Waals surface area contributed by atoms with Crippen molar-refractivity contribution < 1.29 is 9.18 Å². The van der Waals surface area contributed by atoms with Crippen LogP contribution in [0.1, 0.15) is 9.67 Å². The van der Waals surface area contributed by atoms with Crippen LogP contribution in [0, 0.1) is 5.82 Å². The summed E-state index contributed by atoms with van der Waals surface area (Å²) in [5.41, 5.74) is 1.36. The van der Waals surface area contributed by atoms with E-state index in [0.717, 1.165) is 5.56 Å². The van der Waals surface area contributed by atoms with E-state index in [2.05, 4.69) is 10.3 Å². The molecule has 0 aliphatic carbocycles. The fraction of sp³-hybridized carbons (Fsp3) is 0.0667. The summed E-state index contributed by atoms with van der Waals surface area (Å²) in [4.78, 5) is 17.1. The summed E-state index contributed by atoms with van der Waals surface area (Å²) in [5, 5.41) is 4.70. The van der Waals surface area contributed by atoms with Crippen molar-refractivity contribution in [3.63, 3.8) is 0 Å². The first kappa shape index (κ1) is 13.5. The lowest BCUT2D eigenvalue weighted by Crippen LogP contribution is -2.13. The number of nitrogens with zero attached hydrogens (tertiary/aromatic N) is 2. The Balaban J connectivity index is 1.94. The van der Waals surface area contributed by atoms with Gasteiger partial charge in [0.05, 0.1) is 11.2 Å². The van der Waals surface area contributed by atoms with Crippen molar-refractivity contribution >= 4 is 23.1 Å². The third kappa shape index (κ3) is 2.71. The van der Waals surface area contributed by atoms with Crippen molar-refractivity contribution in [2.45, 2.75) is 0 Å². The molecule has 4 nitrogen and oxygen atoms in total. The van der Waals surface area contributed by atoms with E-state index in [0.29, 0.717) is 16.4 Å². The SMILES string of the molecule is Cn1cnc(-c2ccc(F)cc2)c1NC(=O)c1cccs1. The molecule has 0 aliphatic rings. The van der Waals surface area contributed by atoms with Gasteiger partial charge in [-0.3, -0.25) is 4.79 Å². The van der Waals surface area contributed by atoms with Gasteiger partial charge in [0.15, 0.2) is 0 Å². The Hall–Kier alpha value is -2.47. The zero-order valence-electron chi connectivity index (χ0n) is 11.2. The molecule has 1 N–H and O–H groups in total. The molecule has 1 aromatic carbocycles. The number of thiophene rings is 1. The molecular formula is C15H12FN3OS. The van der Waals surface area contributed by atoms with E-state index >= 15 is 0 Å². The number of rotatable bonds is 3. The number of anilines is 1. The Kier molecular flexibility index (Phi) is 3.53. The summed E-state index contributed by atoms with van der Waals surface area (Å²) in [5.74, 6) is 0.0934. The minimum atomic E-state index is -0.307. The molecule has 0 radical (unpaired) electrons. The van der Waals surface area contributed by atoms with Crippen LogP contribution in [0.4, 0.5) is 10.2 Å². The third-order valence-electron chi connectivity index (χ3n) is 3.03. The highest BCUT2D eigenvalue weighted by atomic mass is 32.1. The van der Waals surface area contributed by atoms with E-state index in [9.17, 15) is 9.18 Å². The molecule has 21 heavy (non-hydrogen) atoms. The zero-order valence-corrected chi connectivity index (χ0v) is 12.0. The van der Waals surface area contributed by atoms with Gasteiger partial charge in [-0.1, -0.05) is 6.07 Å². The lowest BCUT2D eigenvalue weighted by atomic mass is 10.1. The quantitative estimate of drug-likeness (QED) is 0.804. The van der Waals surface area contributed by atoms with E-state index in [-0.39, 0.29) is 11.7 Å². The number of imidazole rings is 1. The summed E-state index contributed by atoms with van der Waals surface area (Å²) in [6.45, 7) is 0. The van der Waals surface area contributed by atoms with Crippen LogP contribution in [0.25, 0.3) is 11.3 Å². The topological polar surface area (TPSA) is 46.9 Å². The first-order valence-electron chi connectivity index (χ1n) is 6.27. The average molecular weight is 301 g/mol. The minimum absolute atomic E-state index is 0.183. The Morgan fingerprint density at radius 3 is 2.71 bits per heavy atom. The van der Waals surface area contributed by atoms with Crippen LogP contribution in [0.5, 0.6) is 0 Å². The van der Waals surface area contributed by atoms with Gasteiger partial charge in [-0.15, -0.1) is 11.3 Å². The van der Waals surface area contributed by atoms with Gasteiger partial charge in [0, 0.05) is 12.6 Å². The number of aryl methyl sites for hydroxylation is 1. The molecule has 2 heterocycles. The molecule has 0 spiro atoms. The molecular weight excluding hydrogens is 289 g/mol. The van der Waals surface area contributed by atoms with Gasteiger partial charge in [-0.25, -0.2) is 9.37 Å². The molecule has 0 saturated carbocycles. The highest BCUT2D eigenvalue weighted by molar-refractivity contribution is 7.12. The second kappa shape index (κ2) is 5.49. The van der Waals surface area contributed by atoms with Gasteiger partial charge in [0.1, 0.15) is 17.3 Å². The number of hydrogen-bond donors (Lipinski definition) is 1. The number of amides is 1. The number of hydrogen-bond acceptors (Lipinski definition) is 3. The Morgan fingerprint density at radius 1 is 1.29 bits per heavy atom. The monoisotopic (exact) mass is 301 g/mol. The third-order valence-corrected chi connectivity index (χ3v) is 3.90. The molecule has 1 amide bonds. The van der Waals surface area contributed by atoms with Gasteiger partial charge in [-0.2, -0.15) is 0 Å². The van der Waals surface area contributed by atoms with Crippen LogP contribution in [-0.4, -0.2) is 15.5 Å². The number of carbonyl (C=O) groups excluding carboxylic acids is 1. The maximum atomic E-state index is 13.0. The highest BCUT2D eigenvalue weighted by Crippen LogP contribution is 2.27. The Labute approximate surface area is 124 Å². The Bertz CT molecular complexity index is 763. The molecule has 3 rings (SSSR count). The number of aromatic nitrogens is 2. The smallest absolute Gasteiger partial charge is 0.266 e. The standard InChI is InChI=1S/C15H12FN3OS/c1-19-9-17-13(10-4-6-11(16)7-5-10)14(19)18-15(20)12-3-2-8-21-12/h2-9H,1H3,(H,18,20). The normalized spacial score (nSPS) is 10.6. The fourth-order valence-electron chi connectivity index (χ4n) is 1.97. The van der Waals surface area contributed by atoms with Crippen LogP contribution in [0.2, 0.25) is 0 Å². The summed E-state index contributed by atoms with van der Waals surface area (Å²) in [6.07, 6.45) is 1.61.